The van der Waals surface area contributed by atoms with Gasteiger partial charge in [-0.05, 0) is 43.5 Å². The summed E-state index contributed by atoms with van der Waals surface area (Å²) in [7, 11) is 0. The van der Waals surface area contributed by atoms with Crippen LogP contribution in [0.3, 0.4) is 0 Å². The second-order valence-corrected chi connectivity index (χ2v) is 4.76. The van der Waals surface area contributed by atoms with Crippen molar-refractivity contribution in [2.24, 2.45) is 0 Å². The van der Waals surface area contributed by atoms with E-state index in [1.165, 1.54) is 6.42 Å². The van der Waals surface area contributed by atoms with Gasteiger partial charge in [-0.25, -0.2) is 0 Å². The molecule has 0 aliphatic carbocycles. The van der Waals surface area contributed by atoms with E-state index in [0.717, 1.165) is 24.9 Å². The average molecular weight is 248 g/mol. The van der Waals surface area contributed by atoms with Gasteiger partial charge < -0.3 is 15.7 Å². The zero-order chi connectivity index (χ0) is 12.8. The number of phenolic OH excluding ortho intramolecular Hbond substituents is 1. The second-order valence-electron chi connectivity index (χ2n) is 4.76. The number of nitrogens with one attached hydrogen (secondary N) is 2. The van der Waals surface area contributed by atoms with Crippen molar-refractivity contribution in [1.82, 2.24) is 10.6 Å². The molecule has 1 aliphatic heterocycles. The highest BCUT2D eigenvalue weighted by Crippen LogP contribution is 2.10. The molecule has 1 amide bonds. The van der Waals surface area contributed by atoms with E-state index in [-0.39, 0.29) is 11.7 Å². The van der Waals surface area contributed by atoms with Crippen LogP contribution in [0, 0.1) is 0 Å². The molecule has 0 spiro atoms. The summed E-state index contributed by atoms with van der Waals surface area (Å²) >= 11 is 0. The summed E-state index contributed by atoms with van der Waals surface area (Å²) in [4.78, 5) is 11.7. The van der Waals surface area contributed by atoms with E-state index in [0.29, 0.717) is 19.0 Å². The molecule has 1 fully saturated rings. The topological polar surface area (TPSA) is 61.4 Å². The predicted octanol–water partition coefficient (Wildman–Crippen LogP) is 1.19. The first kappa shape index (κ1) is 12.9. The minimum absolute atomic E-state index is 0.119. The molecule has 0 saturated carbocycles. The number of amides is 1. The predicted molar refractivity (Wildman–Crippen MR) is 70.5 cm³/mol. The molecule has 0 aromatic heterocycles. The number of carbonyl (C=O) groups is 1. The third kappa shape index (κ3) is 4.04. The molecule has 4 nitrogen and oxygen atoms in total. The van der Waals surface area contributed by atoms with E-state index in [2.05, 4.69) is 10.6 Å². The van der Waals surface area contributed by atoms with Gasteiger partial charge in [0.05, 0.1) is 0 Å². The van der Waals surface area contributed by atoms with Crippen molar-refractivity contribution in [1.29, 1.82) is 0 Å². The molecule has 4 heteroatoms. The summed E-state index contributed by atoms with van der Waals surface area (Å²) < 4.78 is 0. The van der Waals surface area contributed by atoms with Crippen LogP contribution in [0.1, 0.15) is 24.8 Å². The molecule has 0 bridgehead atoms. The summed E-state index contributed by atoms with van der Waals surface area (Å²) in [6.45, 7) is 1.68. The molecule has 1 unspecified atom stereocenters. The third-order valence-corrected chi connectivity index (χ3v) is 3.27. The van der Waals surface area contributed by atoms with E-state index < -0.39 is 0 Å². The van der Waals surface area contributed by atoms with Crippen LogP contribution in [-0.2, 0) is 11.2 Å². The van der Waals surface area contributed by atoms with Crippen molar-refractivity contribution >= 4 is 5.91 Å². The Kier molecular flexibility index (Phi) is 4.59. The standard InChI is InChI=1S/C14H20N2O2/c17-13-5-3-11(4-6-13)7-9-16-14(18)10-12-2-1-8-15-12/h3-6,12,15,17H,1-2,7-10H2,(H,16,18). The highest BCUT2D eigenvalue weighted by molar-refractivity contribution is 5.76. The maximum Gasteiger partial charge on any atom is 0.221 e. The number of rotatable bonds is 5. The first-order chi connectivity index (χ1) is 8.74. The number of benzene rings is 1. The second kappa shape index (κ2) is 6.40. The maximum atomic E-state index is 11.7. The Bertz CT molecular complexity index is 383. The van der Waals surface area contributed by atoms with E-state index in [9.17, 15) is 4.79 Å². The number of phenols is 1. The van der Waals surface area contributed by atoms with Crippen molar-refractivity contribution < 1.29 is 9.90 Å². The lowest BCUT2D eigenvalue weighted by atomic mass is 10.1. The minimum atomic E-state index is 0.119. The van der Waals surface area contributed by atoms with Gasteiger partial charge in [0.25, 0.3) is 0 Å². The molecule has 1 aromatic rings. The van der Waals surface area contributed by atoms with Crippen molar-refractivity contribution in [3.63, 3.8) is 0 Å². The Morgan fingerprint density at radius 3 is 2.83 bits per heavy atom. The molecule has 2 rings (SSSR count). The lowest BCUT2D eigenvalue weighted by Crippen LogP contribution is -2.32. The Labute approximate surface area is 107 Å². The summed E-state index contributed by atoms with van der Waals surface area (Å²) in [5, 5.41) is 15.4. The third-order valence-electron chi connectivity index (χ3n) is 3.27. The fourth-order valence-corrected chi connectivity index (χ4v) is 2.24. The van der Waals surface area contributed by atoms with Gasteiger partial charge in [-0.3, -0.25) is 4.79 Å². The highest BCUT2D eigenvalue weighted by atomic mass is 16.3. The summed E-state index contributed by atoms with van der Waals surface area (Å²) in [5.74, 6) is 0.392. The molecule has 1 aromatic carbocycles. The van der Waals surface area contributed by atoms with E-state index in [4.69, 9.17) is 5.11 Å². The average Bonchev–Trinajstić information content (AvgIpc) is 2.84. The minimum Gasteiger partial charge on any atom is -0.508 e. The van der Waals surface area contributed by atoms with Gasteiger partial charge >= 0.3 is 0 Å². The fraction of sp³-hybridized carbons (Fsp3) is 0.500. The van der Waals surface area contributed by atoms with E-state index >= 15 is 0 Å². The SMILES string of the molecule is O=C(CC1CCCN1)NCCc1ccc(O)cc1. The summed E-state index contributed by atoms with van der Waals surface area (Å²) in [6.07, 6.45) is 3.65. The lowest BCUT2D eigenvalue weighted by Gasteiger charge is -2.10. The van der Waals surface area contributed by atoms with Crippen LogP contribution in [0.4, 0.5) is 0 Å². The highest BCUT2D eigenvalue weighted by Gasteiger charge is 2.16. The monoisotopic (exact) mass is 248 g/mol. The molecule has 1 atom stereocenters. The Morgan fingerprint density at radius 2 is 2.17 bits per heavy atom. The molecular weight excluding hydrogens is 228 g/mol. The fourth-order valence-electron chi connectivity index (χ4n) is 2.24. The van der Waals surface area contributed by atoms with Gasteiger partial charge in [-0.2, -0.15) is 0 Å². The van der Waals surface area contributed by atoms with Crippen LogP contribution in [0.25, 0.3) is 0 Å². The Balaban J connectivity index is 1.65. The van der Waals surface area contributed by atoms with Gasteiger partial charge in [0, 0.05) is 19.0 Å². The van der Waals surface area contributed by atoms with E-state index in [1.807, 2.05) is 12.1 Å². The zero-order valence-corrected chi connectivity index (χ0v) is 10.5. The van der Waals surface area contributed by atoms with Crippen LogP contribution in [0.15, 0.2) is 24.3 Å². The van der Waals surface area contributed by atoms with Gasteiger partial charge in [0.2, 0.25) is 5.91 Å². The zero-order valence-electron chi connectivity index (χ0n) is 10.5. The van der Waals surface area contributed by atoms with Crippen LogP contribution < -0.4 is 10.6 Å². The number of aromatic hydroxyl groups is 1. The van der Waals surface area contributed by atoms with Crippen LogP contribution >= 0.6 is 0 Å². The molecule has 3 N–H and O–H groups in total. The van der Waals surface area contributed by atoms with Crippen molar-refractivity contribution in [3.8, 4) is 5.75 Å². The maximum absolute atomic E-state index is 11.7. The first-order valence-corrected chi connectivity index (χ1v) is 6.52. The van der Waals surface area contributed by atoms with Gasteiger partial charge in [0.1, 0.15) is 5.75 Å². The van der Waals surface area contributed by atoms with Gasteiger partial charge in [-0.15, -0.1) is 0 Å². The molecule has 0 radical (unpaired) electrons. The summed E-state index contributed by atoms with van der Waals surface area (Å²) in [5.41, 5.74) is 1.12. The first-order valence-electron chi connectivity index (χ1n) is 6.52. The Hall–Kier alpha value is -1.55. The van der Waals surface area contributed by atoms with Crippen LogP contribution in [-0.4, -0.2) is 30.1 Å². The molecular formula is C14H20N2O2. The smallest absolute Gasteiger partial charge is 0.221 e. The van der Waals surface area contributed by atoms with E-state index in [1.54, 1.807) is 12.1 Å². The van der Waals surface area contributed by atoms with Crippen molar-refractivity contribution in [3.05, 3.63) is 29.8 Å². The van der Waals surface area contributed by atoms with Crippen LogP contribution in [0.5, 0.6) is 5.75 Å². The van der Waals surface area contributed by atoms with Gasteiger partial charge in [-0.1, -0.05) is 12.1 Å². The number of carbonyl (C=O) groups excluding carboxylic acids is 1. The van der Waals surface area contributed by atoms with Crippen LogP contribution in [0.2, 0.25) is 0 Å². The normalized spacial score (nSPS) is 18.8. The van der Waals surface area contributed by atoms with Gasteiger partial charge in [0.15, 0.2) is 0 Å². The molecule has 98 valence electrons. The Morgan fingerprint density at radius 1 is 1.39 bits per heavy atom. The molecule has 1 saturated heterocycles. The van der Waals surface area contributed by atoms with Crippen molar-refractivity contribution in [2.75, 3.05) is 13.1 Å². The molecule has 18 heavy (non-hydrogen) atoms. The number of hydrogen-bond acceptors (Lipinski definition) is 3. The quantitative estimate of drug-likeness (QED) is 0.733. The summed E-state index contributed by atoms with van der Waals surface area (Å²) in [6, 6.07) is 7.44. The largest absolute Gasteiger partial charge is 0.508 e. The number of hydrogen-bond donors (Lipinski definition) is 3. The van der Waals surface area contributed by atoms with Crippen molar-refractivity contribution in [2.45, 2.75) is 31.7 Å². The lowest BCUT2D eigenvalue weighted by molar-refractivity contribution is -0.121. The molecule has 1 aliphatic rings. The molecule has 1 heterocycles.